The minimum atomic E-state index is 0. The van der Waals surface area contributed by atoms with E-state index in [1.165, 1.54) is 0 Å². The highest BCUT2D eigenvalue weighted by Gasteiger charge is 2.13. The Morgan fingerprint density at radius 2 is 1.75 bits per heavy atom. The van der Waals surface area contributed by atoms with Crippen LogP contribution >= 0.6 is 35.6 Å². The zero-order valence-electron chi connectivity index (χ0n) is 15.7. The molecule has 28 heavy (non-hydrogen) atoms. The zero-order chi connectivity index (χ0) is 19.5. The molecule has 0 atom stereocenters. The van der Waals surface area contributed by atoms with Crippen LogP contribution in [0.5, 0.6) is 11.5 Å². The number of nitrogens with one attached hydrogen (secondary N) is 1. The summed E-state index contributed by atoms with van der Waals surface area (Å²) in [5.41, 5.74) is 1.98. The molecule has 0 fully saturated rings. The van der Waals surface area contributed by atoms with E-state index in [4.69, 9.17) is 42.5 Å². The predicted molar refractivity (Wildman–Crippen MR) is 115 cm³/mol. The third-order valence-electron chi connectivity index (χ3n) is 3.65. The van der Waals surface area contributed by atoms with Crippen molar-refractivity contribution in [1.82, 2.24) is 5.32 Å². The number of aliphatic hydroxyl groups excluding tert-OH is 1. The lowest BCUT2D eigenvalue weighted by molar-refractivity contribution is 0.0938. The molecule has 0 unspecified atom stereocenters. The van der Waals surface area contributed by atoms with Crippen molar-refractivity contribution in [3.8, 4) is 11.5 Å². The number of halogens is 3. The molecule has 0 aliphatic rings. The summed E-state index contributed by atoms with van der Waals surface area (Å²) in [5.74, 6) is 1.15. The Morgan fingerprint density at radius 1 is 1.00 bits per heavy atom. The fraction of sp³-hybridized carbons (Fsp3) is 0.400. The van der Waals surface area contributed by atoms with E-state index in [1.54, 1.807) is 0 Å². The normalized spacial score (nSPS) is 10.4. The van der Waals surface area contributed by atoms with Crippen LogP contribution in [0, 0.1) is 0 Å². The molecule has 0 radical (unpaired) electrons. The molecular formula is C20H26Cl3NO4. The van der Waals surface area contributed by atoms with E-state index < -0.39 is 0 Å². The van der Waals surface area contributed by atoms with Crippen molar-refractivity contribution in [2.75, 3.05) is 33.0 Å². The highest BCUT2D eigenvalue weighted by molar-refractivity contribution is 6.32. The van der Waals surface area contributed by atoms with Gasteiger partial charge in [0.25, 0.3) is 0 Å². The Hall–Kier alpha value is -1.21. The van der Waals surface area contributed by atoms with E-state index in [-0.39, 0.29) is 19.0 Å². The second-order valence-electron chi connectivity index (χ2n) is 5.77. The van der Waals surface area contributed by atoms with Gasteiger partial charge in [-0.3, -0.25) is 0 Å². The molecule has 2 N–H and O–H groups in total. The molecule has 8 heteroatoms. The third-order valence-corrected chi connectivity index (χ3v) is 4.19. The van der Waals surface area contributed by atoms with Crippen molar-refractivity contribution in [3.05, 3.63) is 57.6 Å². The van der Waals surface area contributed by atoms with Gasteiger partial charge in [-0.15, -0.1) is 12.4 Å². The van der Waals surface area contributed by atoms with Gasteiger partial charge in [-0.2, -0.15) is 0 Å². The van der Waals surface area contributed by atoms with Gasteiger partial charge in [0.2, 0.25) is 0 Å². The highest BCUT2D eigenvalue weighted by Crippen LogP contribution is 2.37. The first kappa shape index (κ1) is 24.8. The van der Waals surface area contributed by atoms with Gasteiger partial charge in [0.15, 0.2) is 11.5 Å². The van der Waals surface area contributed by atoms with Gasteiger partial charge >= 0.3 is 0 Å². The lowest BCUT2D eigenvalue weighted by Gasteiger charge is -2.16. The summed E-state index contributed by atoms with van der Waals surface area (Å²) in [4.78, 5) is 0. The van der Waals surface area contributed by atoms with E-state index in [0.717, 1.165) is 11.1 Å². The number of rotatable bonds is 12. The molecule has 0 aliphatic heterocycles. The van der Waals surface area contributed by atoms with Crippen LogP contribution in [-0.2, 0) is 17.9 Å². The topological polar surface area (TPSA) is 60.0 Å². The SMILES string of the molecule is CCOc1cc(CNCCOCCO)cc(Cl)c1OCc1ccc(Cl)cc1.Cl. The maximum Gasteiger partial charge on any atom is 0.180 e. The zero-order valence-corrected chi connectivity index (χ0v) is 18.1. The lowest BCUT2D eigenvalue weighted by Crippen LogP contribution is -2.20. The third kappa shape index (κ3) is 8.43. The summed E-state index contributed by atoms with van der Waals surface area (Å²) in [6, 6.07) is 11.3. The molecule has 0 saturated carbocycles. The van der Waals surface area contributed by atoms with Crippen molar-refractivity contribution in [2.45, 2.75) is 20.1 Å². The average molecular weight is 451 g/mol. The Labute approximate surface area is 182 Å². The first-order valence-electron chi connectivity index (χ1n) is 8.85. The predicted octanol–water partition coefficient (Wildman–Crippen LogP) is 4.49. The van der Waals surface area contributed by atoms with Gasteiger partial charge in [-0.05, 0) is 42.3 Å². The number of hydrogen-bond acceptors (Lipinski definition) is 5. The van der Waals surface area contributed by atoms with Crippen molar-refractivity contribution in [2.24, 2.45) is 0 Å². The van der Waals surface area contributed by atoms with E-state index in [1.807, 2.05) is 43.3 Å². The van der Waals surface area contributed by atoms with Crippen LogP contribution in [0.4, 0.5) is 0 Å². The molecule has 156 valence electrons. The van der Waals surface area contributed by atoms with Gasteiger partial charge in [0, 0.05) is 18.1 Å². The highest BCUT2D eigenvalue weighted by atomic mass is 35.5. The number of ether oxygens (including phenoxy) is 3. The van der Waals surface area contributed by atoms with E-state index in [0.29, 0.717) is 61.1 Å². The van der Waals surface area contributed by atoms with Gasteiger partial charge in [0.05, 0.1) is 31.5 Å². The molecule has 0 spiro atoms. The summed E-state index contributed by atoms with van der Waals surface area (Å²) in [7, 11) is 0. The van der Waals surface area contributed by atoms with Gasteiger partial charge in [-0.1, -0.05) is 35.3 Å². The molecule has 5 nitrogen and oxygen atoms in total. The van der Waals surface area contributed by atoms with Crippen LogP contribution in [0.3, 0.4) is 0 Å². The van der Waals surface area contributed by atoms with Crippen LogP contribution in [0.25, 0.3) is 0 Å². The largest absolute Gasteiger partial charge is 0.490 e. The molecule has 0 aliphatic carbocycles. The van der Waals surface area contributed by atoms with Crippen molar-refractivity contribution in [3.63, 3.8) is 0 Å². The Bertz CT molecular complexity index is 699. The van der Waals surface area contributed by atoms with Crippen molar-refractivity contribution < 1.29 is 19.3 Å². The quantitative estimate of drug-likeness (QED) is 0.467. The van der Waals surface area contributed by atoms with Crippen LogP contribution < -0.4 is 14.8 Å². The van der Waals surface area contributed by atoms with E-state index >= 15 is 0 Å². The number of hydrogen-bond donors (Lipinski definition) is 2. The lowest BCUT2D eigenvalue weighted by atomic mass is 10.2. The summed E-state index contributed by atoms with van der Waals surface area (Å²) >= 11 is 12.3. The molecule has 0 bridgehead atoms. The molecule has 0 amide bonds. The molecular weight excluding hydrogens is 425 g/mol. The second-order valence-corrected chi connectivity index (χ2v) is 6.61. The molecule has 0 aromatic heterocycles. The standard InChI is InChI=1S/C20H25Cl2NO4.ClH/c1-2-26-19-12-16(13-23-7-9-25-10-8-24)11-18(22)20(19)27-14-15-3-5-17(21)6-4-15;/h3-6,11-12,23-24H,2,7-10,13-14H2,1H3;1H. The summed E-state index contributed by atoms with van der Waals surface area (Å²) < 4.78 is 16.8. The van der Waals surface area contributed by atoms with Gasteiger partial charge in [0.1, 0.15) is 6.61 Å². The molecule has 0 heterocycles. The Morgan fingerprint density at radius 3 is 2.43 bits per heavy atom. The van der Waals surface area contributed by atoms with E-state index in [2.05, 4.69) is 5.32 Å². The fourth-order valence-electron chi connectivity index (χ4n) is 2.41. The van der Waals surface area contributed by atoms with Crippen LogP contribution in [0.2, 0.25) is 10.0 Å². The average Bonchev–Trinajstić information content (AvgIpc) is 2.65. The minimum absolute atomic E-state index is 0. The van der Waals surface area contributed by atoms with Crippen LogP contribution in [0.15, 0.2) is 36.4 Å². The summed E-state index contributed by atoms with van der Waals surface area (Å²) in [5, 5.41) is 13.1. The number of aliphatic hydroxyl groups is 1. The Balaban J connectivity index is 0.00000392. The van der Waals surface area contributed by atoms with E-state index in [9.17, 15) is 0 Å². The maximum absolute atomic E-state index is 8.68. The minimum Gasteiger partial charge on any atom is -0.490 e. The van der Waals surface area contributed by atoms with Gasteiger partial charge in [-0.25, -0.2) is 0 Å². The molecule has 2 aromatic rings. The van der Waals surface area contributed by atoms with Gasteiger partial charge < -0.3 is 24.6 Å². The first-order valence-corrected chi connectivity index (χ1v) is 9.61. The smallest absolute Gasteiger partial charge is 0.180 e. The maximum atomic E-state index is 8.68. The van der Waals surface area contributed by atoms with Crippen LogP contribution in [0.1, 0.15) is 18.1 Å². The first-order chi connectivity index (χ1) is 13.1. The molecule has 2 rings (SSSR count). The monoisotopic (exact) mass is 449 g/mol. The second kappa shape index (κ2) is 13.9. The molecule has 2 aromatic carbocycles. The van der Waals surface area contributed by atoms with Crippen molar-refractivity contribution >= 4 is 35.6 Å². The van der Waals surface area contributed by atoms with Crippen molar-refractivity contribution in [1.29, 1.82) is 0 Å². The van der Waals surface area contributed by atoms with Crippen LogP contribution in [-0.4, -0.2) is 38.1 Å². The Kier molecular flexibility index (Phi) is 12.3. The molecule has 0 saturated heterocycles. The fourth-order valence-corrected chi connectivity index (χ4v) is 2.82. The summed E-state index contributed by atoms with van der Waals surface area (Å²) in [6.07, 6.45) is 0. The summed E-state index contributed by atoms with van der Waals surface area (Å²) in [6.45, 7) is 5.02. The number of benzene rings is 2.